The maximum Gasteiger partial charge on any atom is 0.339 e. The average molecular weight is 351 g/mol. The van der Waals surface area contributed by atoms with Crippen molar-refractivity contribution in [3.8, 4) is 5.75 Å². The van der Waals surface area contributed by atoms with Crippen LogP contribution in [0.15, 0.2) is 48.5 Å². The van der Waals surface area contributed by atoms with Gasteiger partial charge in [-0.1, -0.05) is 36.4 Å². The number of para-hydroxylation sites is 1. The molecule has 0 aromatic heterocycles. The molecule has 2 aliphatic heterocycles. The standard InChI is InChI=1S/C21H21NO4/c1-15-6-2-5-9-18(15)25-14-19(23)22-12-10-21(11-13-22)17-8-4-3-7-16(17)20(24)26-21/h2-9H,10-14H2,1H3. The van der Waals surface area contributed by atoms with E-state index < -0.39 is 5.60 Å². The summed E-state index contributed by atoms with van der Waals surface area (Å²) in [6.07, 6.45) is 1.23. The number of benzene rings is 2. The lowest BCUT2D eigenvalue weighted by Crippen LogP contribution is -2.46. The molecule has 0 unspecified atom stereocenters. The van der Waals surface area contributed by atoms with E-state index in [1.54, 1.807) is 11.0 Å². The van der Waals surface area contributed by atoms with Crippen LogP contribution >= 0.6 is 0 Å². The number of fused-ring (bicyclic) bond motifs is 2. The Labute approximate surface area is 152 Å². The number of aryl methyl sites for hydroxylation is 1. The maximum absolute atomic E-state index is 12.5. The Balaban J connectivity index is 1.39. The molecule has 1 amide bonds. The highest BCUT2D eigenvalue weighted by molar-refractivity contribution is 5.94. The zero-order valence-corrected chi connectivity index (χ0v) is 14.7. The summed E-state index contributed by atoms with van der Waals surface area (Å²) in [5.74, 6) is 0.428. The summed E-state index contributed by atoms with van der Waals surface area (Å²) in [4.78, 5) is 26.4. The molecule has 2 aliphatic rings. The fraction of sp³-hybridized carbons (Fsp3) is 0.333. The van der Waals surface area contributed by atoms with E-state index in [9.17, 15) is 9.59 Å². The van der Waals surface area contributed by atoms with Gasteiger partial charge >= 0.3 is 5.97 Å². The summed E-state index contributed by atoms with van der Waals surface area (Å²) in [5.41, 5.74) is 2.03. The van der Waals surface area contributed by atoms with Gasteiger partial charge in [-0.25, -0.2) is 4.79 Å². The van der Waals surface area contributed by atoms with Crippen LogP contribution in [0.2, 0.25) is 0 Å². The maximum atomic E-state index is 12.5. The molecule has 0 saturated carbocycles. The summed E-state index contributed by atoms with van der Waals surface area (Å²) >= 11 is 0. The third kappa shape index (κ3) is 2.83. The fourth-order valence-corrected chi connectivity index (χ4v) is 3.78. The number of rotatable bonds is 3. The van der Waals surface area contributed by atoms with Crippen LogP contribution in [-0.2, 0) is 15.1 Å². The molecule has 0 radical (unpaired) electrons. The molecule has 26 heavy (non-hydrogen) atoms. The van der Waals surface area contributed by atoms with E-state index in [1.165, 1.54) is 0 Å². The minimum absolute atomic E-state index is 0.0221. The number of piperidine rings is 1. The van der Waals surface area contributed by atoms with Gasteiger partial charge < -0.3 is 14.4 Å². The quantitative estimate of drug-likeness (QED) is 0.798. The first-order chi connectivity index (χ1) is 12.6. The Morgan fingerprint density at radius 2 is 1.81 bits per heavy atom. The molecular formula is C21H21NO4. The van der Waals surface area contributed by atoms with Crippen LogP contribution in [-0.4, -0.2) is 36.5 Å². The summed E-state index contributed by atoms with van der Waals surface area (Å²) in [5, 5.41) is 0. The van der Waals surface area contributed by atoms with E-state index in [4.69, 9.17) is 9.47 Å². The van der Waals surface area contributed by atoms with Crippen molar-refractivity contribution < 1.29 is 19.1 Å². The summed E-state index contributed by atoms with van der Waals surface area (Å²) in [7, 11) is 0. The molecule has 134 valence electrons. The molecule has 2 aromatic carbocycles. The topological polar surface area (TPSA) is 55.8 Å². The molecule has 5 nitrogen and oxygen atoms in total. The van der Waals surface area contributed by atoms with E-state index in [-0.39, 0.29) is 18.5 Å². The van der Waals surface area contributed by atoms with Gasteiger partial charge in [0.1, 0.15) is 11.4 Å². The van der Waals surface area contributed by atoms with Crippen LogP contribution in [0.25, 0.3) is 0 Å². The Hall–Kier alpha value is -2.82. The largest absolute Gasteiger partial charge is 0.484 e. The first-order valence-electron chi connectivity index (χ1n) is 8.88. The molecule has 1 spiro atoms. The molecule has 0 atom stereocenters. The smallest absolute Gasteiger partial charge is 0.339 e. The number of esters is 1. The van der Waals surface area contributed by atoms with Crippen molar-refractivity contribution in [3.05, 3.63) is 65.2 Å². The minimum atomic E-state index is -0.582. The third-order valence-corrected chi connectivity index (χ3v) is 5.29. The minimum Gasteiger partial charge on any atom is -0.484 e. The number of amides is 1. The number of hydrogen-bond acceptors (Lipinski definition) is 4. The number of hydrogen-bond donors (Lipinski definition) is 0. The lowest BCUT2D eigenvalue weighted by molar-refractivity contribution is -0.137. The van der Waals surface area contributed by atoms with Crippen LogP contribution in [0.1, 0.15) is 34.3 Å². The van der Waals surface area contributed by atoms with Crippen molar-refractivity contribution in [2.24, 2.45) is 0 Å². The monoisotopic (exact) mass is 351 g/mol. The van der Waals surface area contributed by atoms with Gasteiger partial charge in [0.25, 0.3) is 5.91 Å². The zero-order valence-electron chi connectivity index (χ0n) is 14.7. The highest BCUT2D eigenvalue weighted by Gasteiger charge is 2.47. The van der Waals surface area contributed by atoms with Gasteiger partial charge in [0.05, 0.1) is 5.56 Å². The van der Waals surface area contributed by atoms with Gasteiger partial charge in [0.2, 0.25) is 0 Å². The van der Waals surface area contributed by atoms with Crippen LogP contribution in [0.3, 0.4) is 0 Å². The highest BCUT2D eigenvalue weighted by atomic mass is 16.6. The Morgan fingerprint density at radius 1 is 1.12 bits per heavy atom. The molecule has 0 aliphatic carbocycles. The van der Waals surface area contributed by atoms with E-state index in [1.807, 2.05) is 49.4 Å². The molecule has 4 rings (SSSR count). The SMILES string of the molecule is Cc1ccccc1OCC(=O)N1CCC2(CC1)OC(=O)c1ccccc12. The number of ether oxygens (including phenoxy) is 2. The second-order valence-electron chi connectivity index (χ2n) is 6.86. The van der Waals surface area contributed by atoms with Gasteiger partial charge in [-0.3, -0.25) is 4.79 Å². The van der Waals surface area contributed by atoms with E-state index in [0.29, 0.717) is 31.5 Å². The van der Waals surface area contributed by atoms with Gasteiger partial charge in [-0.15, -0.1) is 0 Å². The van der Waals surface area contributed by atoms with Crippen molar-refractivity contribution in [1.82, 2.24) is 4.90 Å². The van der Waals surface area contributed by atoms with Crippen LogP contribution in [0.5, 0.6) is 5.75 Å². The number of likely N-dealkylation sites (tertiary alicyclic amines) is 1. The van der Waals surface area contributed by atoms with Crippen molar-refractivity contribution in [1.29, 1.82) is 0 Å². The van der Waals surface area contributed by atoms with Crippen molar-refractivity contribution in [2.75, 3.05) is 19.7 Å². The molecule has 0 bridgehead atoms. The van der Waals surface area contributed by atoms with Crippen molar-refractivity contribution in [2.45, 2.75) is 25.4 Å². The molecule has 0 N–H and O–H groups in total. The van der Waals surface area contributed by atoms with Crippen LogP contribution < -0.4 is 4.74 Å². The predicted molar refractivity (Wildman–Crippen MR) is 96.0 cm³/mol. The lowest BCUT2D eigenvalue weighted by atomic mass is 9.84. The first kappa shape index (κ1) is 16.6. The molecule has 2 aromatic rings. The lowest BCUT2D eigenvalue weighted by Gasteiger charge is -2.38. The second kappa shape index (κ2) is 6.48. The summed E-state index contributed by atoms with van der Waals surface area (Å²) in [6.45, 7) is 3.08. The van der Waals surface area contributed by atoms with Crippen LogP contribution in [0.4, 0.5) is 0 Å². The Bertz CT molecular complexity index is 853. The van der Waals surface area contributed by atoms with Gasteiger partial charge in [-0.05, 0) is 24.6 Å². The van der Waals surface area contributed by atoms with Crippen molar-refractivity contribution >= 4 is 11.9 Å². The molecule has 1 fully saturated rings. The molecule has 5 heteroatoms. The van der Waals surface area contributed by atoms with E-state index in [0.717, 1.165) is 16.9 Å². The number of nitrogens with zero attached hydrogens (tertiary/aromatic N) is 1. The Morgan fingerprint density at radius 3 is 2.58 bits per heavy atom. The second-order valence-corrected chi connectivity index (χ2v) is 6.86. The van der Waals surface area contributed by atoms with Crippen molar-refractivity contribution in [3.63, 3.8) is 0 Å². The molecular weight excluding hydrogens is 330 g/mol. The van der Waals surface area contributed by atoms with E-state index in [2.05, 4.69) is 0 Å². The van der Waals surface area contributed by atoms with Gasteiger partial charge in [0.15, 0.2) is 6.61 Å². The molecule has 2 heterocycles. The first-order valence-corrected chi connectivity index (χ1v) is 8.88. The van der Waals surface area contributed by atoms with E-state index >= 15 is 0 Å². The average Bonchev–Trinajstić information content (AvgIpc) is 2.94. The normalized spacial score (nSPS) is 17.7. The Kier molecular flexibility index (Phi) is 4.15. The highest BCUT2D eigenvalue weighted by Crippen LogP contribution is 2.43. The summed E-state index contributed by atoms with van der Waals surface area (Å²) < 4.78 is 11.4. The van der Waals surface area contributed by atoms with Gasteiger partial charge in [-0.2, -0.15) is 0 Å². The fourth-order valence-electron chi connectivity index (χ4n) is 3.78. The number of carbonyl (C=O) groups excluding carboxylic acids is 2. The van der Waals surface area contributed by atoms with Gasteiger partial charge in [0, 0.05) is 31.5 Å². The third-order valence-electron chi connectivity index (χ3n) is 5.29. The number of carbonyl (C=O) groups is 2. The van der Waals surface area contributed by atoms with Crippen LogP contribution in [0, 0.1) is 6.92 Å². The zero-order chi connectivity index (χ0) is 18.1. The predicted octanol–water partition coefficient (Wildman–Crippen LogP) is 3.06. The molecule has 1 saturated heterocycles. The summed E-state index contributed by atoms with van der Waals surface area (Å²) in [6, 6.07) is 15.2.